The Kier molecular flexibility index (Phi) is 4.43. The third-order valence-electron chi connectivity index (χ3n) is 3.31. The van der Waals surface area contributed by atoms with Crippen LogP contribution in [0.3, 0.4) is 0 Å². The molecule has 1 aliphatic rings. The second-order valence-corrected chi connectivity index (χ2v) is 4.59. The zero-order chi connectivity index (χ0) is 11.2. The molecule has 1 aliphatic heterocycles. The maximum atomic E-state index is 5.35. The molecule has 3 nitrogen and oxygen atoms in total. The lowest BCUT2D eigenvalue weighted by molar-refractivity contribution is 0.316. The van der Waals surface area contributed by atoms with Crippen molar-refractivity contribution in [2.45, 2.75) is 19.8 Å². The summed E-state index contributed by atoms with van der Waals surface area (Å²) in [4.78, 5) is 2.55. The normalized spacial score (nSPS) is 21.7. The minimum Gasteiger partial charge on any atom is -0.469 e. The molecule has 1 aromatic rings. The van der Waals surface area contributed by atoms with E-state index >= 15 is 0 Å². The van der Waals surface area contributed by atoms with Crippen molar-refractivity contribution in [1.29, 1.82) is 0 Å². The molecule has 2 heterocycles. The average molecular weight is 222 g/mol. The van der Waals surface area contributed by atoms with E-state index in [2.05, 4.69) is 23.2 Å². The van der Waals surface area contributed by atoms with E-state index in [1.165, 1.54) is 26.1 Å². The zero-order valence-electron chi connectivity index (χ0n) is 10.1. The molecule has 3 heteroatoms. The van der Waals surface area contributed by atoms with Gasteiger partial charge in [-0.2, -0.15) is 0 Å². The minimum atomic E-state index is 0.844. The summed E-state index contributed by atoms with van der Waals surface area (Å²) in [5, 5.41) is 3.44. The van der Waals surface area contributed by atoms with E-state index in [4.69, 9.17) is 4.42 Å². The third-order valence-corrected chi connectivity index (χ3v) is 3.31. The summed E-state index contributed by atoms with van der Waals surface area (Å²) in [7, 11) is 0. The molecule has 0 aliphatic carbocycles. The third kappa shape index (κ3) is 3.35. The van der Waals surface area contributed by atoms with Gasteiger partial charge in [0, 0.05) is 19.5 Å². The van der Waals surface area contributed by atoms with E-state index in [1.54, 1.807) is 6.26 Å². The molecule has 0 saturated carbocycles. The van der Waals surface area contributed by atoms with E-state index in [1.807, 2.05) is 6.07 Å². The van der Waals surface area contributed by atoms with Crippen molar-refractivity contribution in [3.05, 3.63) is 24.2 Å². The van der Waals surface area contributed by atoms with Gasteiger partial charge in [0.2, 0.25) is 0 Å². The molecule has 2 rings (SSSR count). The standard InChI is InChI=1S/C13H22N2O/c1-2-14-10-12-5-7-15(11-12)8-6-13-4-3-9-16-13/h3-4,9,12,14H,2,5-8,10-11H2,1H3. The number of nitrogens with one attached hydrogen (secondary N) is 1. The van der Waals surface area contributed by atoms with E-state index in [0.29, 0.717) is 0 Å². The van der Waals surface area contributed by atoms with Crippen LogP contribution in [0.2, 0.25) is 0 Å². The molecule has 1 fully saturated rings. The van der Waals surface area contributed by atoms with Gasteiger partial charge in [-0.3, -0.25) is 0 Å². The molecule has 1 aromatic heterocycles. The van der Waals surface area contributed by atoms with Crippen molar-refractivity contribution < 1.29 is 4.42 Å². The van der Waals surface area contributed by atoms with Crippen LogP contribution in [0.25, 0.3) is 0 Å². The van der Waals surface area contributed by atoms with Crippen molar-refractivity contribution in [2.75, 3.05) is 32.7 Å². The van der Waals surface area contributed by atoms with E-state index in [9.17, 15) is 0 Å². The molecule has 16 heavy (non-hydrogen) atoms. The van der Waals surface area contributed by atoms with Gasteiger partial charge in [-0.25, -0.2) is 0 Å². The van der Waals surface area contributed by atoms with Gasteiger partial charge in [-0.15, -0.1) is 0 Å². The molecule has 1 atom stereocenters. The Morgan fingerprint density at radius 2 is 2.50 bits per heavy atom. The fourth-order valence-electron chi connectivity index (χ4n) is 2.35. The Bertz CT molecular complexity index is 284. The summed E-state index contributed by atoms with van der Waals surface area (Å²) in [6, 6.07) is 4.03. The van der Waals surface area contributed by atoms with Gasteiger partial charge in [-0.05, 0) is 44.1 Å². The van der Waals surface area contributed by atoms with Crippen LogP contribution in [-0.2, 0) is 6.42 Å². The Balaban J connectivity index is 1.65. The molecular weight excluding hydrogens is 200 g/mol. The summed E-state index contributed by atoms with van der Waals surface area (Å²) >= 11 is 0. The lowest BCUT2D eigenvalue weighted by Crippen LogP contribution is -2.27. The highest BCUT2D eigenvalue weighted by Crippen LogP contribution is 2.15. The first kappa shape index (κ1) is 11.7. The number of hydrogen-bond acceptors (Lipinski definition) is 3. The molecule has 0 amide bonds. The summed E-state index contributed by atoms with van der Waals surface area (Å²) < 4.78 is 5.35. The van der Waals surface area contributed by atoms with Gasteiger partial charge in [-0.1, -0.05) is 6.92 Å². The lowest BCUT2D eigenvalue weighted by atomic mass is 10.1. The van der Waals surface area contributed by atoms with Crippen LogP contribution in [0.5, 0.6) is 0 Å². The second kappa shape index (κ2) is 6.06. The highest BCUT2D eigenvalue weighted by atomic mass is 16.3. The summed E-state index contributed by atoms with van der Waals surface area (Å²) in [6.45, 7) is 8.06. The average Bonchev–Trinajstić information content (AvgIpc) is 2.95. The maximum Gasteiger partial charge on any atom is 0.105 e. The Morgan fingerprint density at radius 3 is 3.25 bits per heavy atom. The first-order valence-corrected chi connectivity index (χ1v) is 6.34. The van der Waals surface area contributed by atoms with Crippen molar-refractivity contribution >= 4 is 0 Å². The van der Waals surface area contributed by atoms with Gasteiger partial charge in [0.15, 0.2) is 0 Å². The molecule has 0 spiro atoms. The van der Waals surface area contributed by atoms with E-state index in [-0.39, 0.29) is 0 Å². The van der Waals surface area contributed by atoms with Crippen LogP contribution in [0.15, 0.2) is 22.8 Å². The van der Waals surface area contributed by atoms with E-state index < -0.39 is 0 Å². The predicted octanol–water partition coefficient (Wildman–Crippen LogP) is 1.75. The molecule has 0 aromatic carbocycles. The van der Waals surface area contributed by atoms with Crippen molar-refractivity contribution in [3.63, 3.8) is 0 Å². The molecule has 90 valence electrons. The predicted molar refractivity (Wildman–Crippen MR) is 65.5 cm³/mol. The maximum absolute atomic E-state index is 5.35. The van der Waals surface area contributed by atoms with Crippen molar-refractivity contribution in [1.82, 2.24) is 10.2 Å². The van der Waals surface area contributed by atoms with Crippen LogP contribution in [0, 0.1) is 5.92 Å². The fraction of sp³-hybridized carbons (Fsp3) is 0.692. The van der Waals surface area contributed by atoms with Crippen LogP contribution >= 0.6 is 0 Å². The quantitative estimate of drug-likeness (QED) is 0.795. The number of rotatable bonds is 6. The molecule has 0 bridgehead atoms. The Hall–Kier alpha value is -0.800. The second-order valence-electron chi connectivity index (χ2n) is 4.59. The smallest absolute Gasteiger partial charge is 0.105 e. The van der Waals surface area contributed by atoms with Crippen LogP contribution in [0.4, 0.5) is 0 Å². The molecule has 0 radical (unpaired) electrons. The molecular formula is C13H22N2O. The first-order chi connectivity index (χ1) is 7.88. The van der Waals surface area contributed by atoms with Crippen LogP contribution in [-0.4, -0.2) is 37.6 Å². The SMILES string of the molecule is CCNCC1CCN(CCc2ccco2)C1. The number of likely N-dealkylation sites (tertiary alicyclic amines) is 1. The lowest BCUT2D eigenvalue weighted by Gasteiger charge is -2.15. The first-order valence-electron chi connectivity index (χ1n) is 6.34. The van der Waals surface area contributed by atoms with Gasteiger partial charge in [0.25, 0.3) is 0 Å². The molecule has 1 saturated heterocycles. The van der Waals surface area contributed by atoms with Gasteiger partial charge in [0.1, 0.15) is 5.76 Å². The highest BCUT2D eigenvalue weighted by molar-refractivity contribution is 4.98. The molecule has 1 N–H and O–H groups in total. The van der Waals surface area contributed by atoms with E-state index in [0.717, 1.165) is 31.2 Å². The number of hydrogen-bond donors (Lipinski definition) is 1. The summed E-state index contributed by atoms with van der Waals surface area (Å²) in [6.07, 6.45) is 4.14. The van der Waals surface area contributed by atoms with Gasteiger partial charge in [0.05, 0.1) is 6.26 Å². The summed E-state index contributed by atoms with van der Waals surface area (Å²) in [5.41, 5.74) is 0. The van der Waals surface area contributed by atoms with Crippen LogP contribution in [0.1, 0.15) is 19.1 Å². The largest absolute Gasteiger partial charge is 0.469 e. The van der Waals surface area contributed by atoms with Crippen LogP contribution < -0.4 is 5.32 Å². The highest BCUT2D eigenvalue weighted by Gasteiger charge is 2.21. The number of nitrogens with zero attached hydrogens (tertiary/aromatic N) is 1. The minimum absolute atomic E-state index is 0.844. The van der Waals surface area contributed by atoms with Crippen molar-refractivity contribution in [3.8, 4) is 0 Å². The molecule has 1 unspecified atom stereocenters. The van der Waals surface area contributed by atoms with Gasteiger partial charge >= 0.3 is 0 Å². The topological polar surface area (TPSA) is 28.4 Å². The monoisotopic (exact) mass is 222 g/mol. The van der Waals surface area contributed by atoms with Crippen molar-refractivity contribution in [2.24, 2.45) is 5.92 Å². The zero-order valence-corrected chi connectivity index (χ0v) is 10.1. The Labute approximate surface area is 97.8 Å². The number of furan rings is 1. The van der Waals surface area contributed by atoms with Gasteiger partial charge < -0.3 is 14.6 Å². The fourth-order valence-corrected chi connectivity index (χ4v) is 2.35. The Morgan fingerprint density at radius 1 is 1.56 bits per heavy atom. The summed E-state index contributed by atoms with van der Waals surface area (Å²) in [5.74, 6) is 1.95.